The Morgan fingerprint density at radius 3 is 2.48 bits per heavy atom. The van der Waals surface area contributed by atoms with E-state index in [9.17, 15) is 9.59 Å². The molecular weight excluding hydrogens is 384 g/mol. The van der Waals surface area contributed by atoms with Gasteiger partial charge in [0.25, 0.3) is 0 Å². The van der Waals surface area contributed by atoms with Gasteiger partial charge in [-0.1, -0.05) is 44.2 Å². The van der Waals surface area contributed by atoms with Gasteiger partial charge >= 0.3 is 0 Å². The maximum atomic E-state index is 12.4. The zero-order chi connectivity index (χ0) is 21.8. The summed E-state index contributed by atoms with van der Waals surface area (Å²) < 4.78 is 0. The third-order valence-corrected chi connectivity index (χ3v) is 10.3. The van der Waals surface area contributed by atoms with E-state index >= 15 is 0 Å². The monoisotopic (exact) mass is 422 g/mol. The van der Waals surface area contributed by atoms with Gasteiger partial charge in [0.1, 0.15) is 0 Å². The molecule has 4 aliphatic rings. The molecule has 2 unspecified atom stereocenters. The van der Waals surface area contributed by atoms with Crippen molar-refractivity contribution in [1.29, 1.82) is 0 Å². The van der Waals surface area contributed by atoms with E-state index in [1.807, 2.05) is 13.1 Å². The molecule has 3 aliphatic carbocycles. The number of hydrogen-bond donors (Lipinski definition) is 0. The van der Waals surface area contributed by atoms with Crippen molar-refractivity contribution in [3.05, 3.63) is 35.9 Å². The molecule has 3 saturated carbocycles. The summed E-state index contributed by atoms with van der Waals surface area (Å²) in [5.74, 6) is 2.51. The fraction of sp³-hybridized carbons (Fsp3) is 0.704. The van der Waals surface area contributed by atoms with Gasteiger partial charge in [0.15, 0.2) is 0 Å². The minimum absolute atomic E-state index is 0.219. The maximum absolute atomic E-state index is 12.4. The Bertz CT molecular complexity index is 841. The highest BCUT2D eigenvalue weighted by molar-refractivity contribution is 5.77. The smallest absolute Gasteiger partial charge is 0.222 e. The summed E-state index contributed by atoms with van der Waals surface area (Å²) in [6, 6.07) is 11.2. The fourth-order valence-corrected chi connectivity index (χ4v) is 8.68. The van der Waals surface area contributed by atoms with Gasteiger partial charge in [0.2, 0.25) is 12.3 Å². The van der Waals surface area contributed by atoms with Gasteiger partial charge in [0.05, 0.1) is 0 Å². The van der Waals surface area contributed by atoms with Gasteiger partial charge < -0.3 is 9.80 Å². The molecule has 1 aromatic carbocycles. The van der Waals surface area contributed by atoms with E-state index in [0.717, 1.165) is 44.1 Å². The molecule has 168 valence electrons. The van der Waals surface area contributed by atoms with Crippen LogP contribution >= 0.6 is 0 Å². The Kier molecular flexibility index (Phi) is 5.18. The van der Waals surface area contributed by atoms with Gasteiger partial charge in [-0.2, -0.15) is 0 Å². The number of piperidine rings is 1. The Morgan fingerprint density at radius 1 is 1.00 bits per heavy atom. The first-order valence-corrected chi connectivity index (χ1v) is 12.4. The van der Waals surface area contributed by atoms with Crippen LogP contribution in [0.5, 0.6) is 0 Å². The summed E-state index contributed by atoms with van der Waals surface area (Å²) in [7, 11) is 2.04. The summed E-state index contributed by atoms with van der Waals surface area (Å²) in [6.45, 7) is 5.69. The summed E-state index contributed by atoms with van der Waals surface area (Å²) in [5.41, 5.74) is 1.70. The van der Waals surface area contributed by atoms with Crippen LogP contribution in [0.25, 0.3) is 0 Å². The standard InChI is InChI=1S/C27H38N2O2/c1-26-16-14-25(31)28(3)23(26)11-9-20-21-10-12-24(27(21,2)15-13-22(20)26)29(18-30)17-19-7-5-4-6-8-19/h4-8,18,20-24H,9-17H2,1-3H3/t20-,21-,22+,23?,24?,26+,27-/m0/s1. The average molecular weight is 423 g/mol. The zero-order valence-corrected chi connectivity index (χ0v) is 19.4. The number of hydrogen-bond acceptors (Lipinski definition) is 2. The molecule has 1 saturated heterocycles. The topological polar surface area (TPSA) is 40.6 Å². The lowest BCUT2D eigenvalue weighted by Gasteiger charge is -2.62. The molecule has 31 heavy (non-hydrogen) atoms. The lowest BCUT2D eigenvalue weighted by atomic mass is 9.47. The minimum Gasteiger partial charge on any atom is -0.342 e. The molecule has 1 aliphatic heterocycles. The first-order valence-electron chi connectivity index (χ1n) is 12.4. The van der Waals surface area contributed by atoms with Crippen LogP contribution in [-0.2, 0) is 16.1 Å². The second-order valence-corrected chi connectivity index (χ2v) is 11.4. The van der Waals surface area contributed by atoms with Crippen molar-refractivity contribution in [2.45, 2.75) is 83.8 Å². The number of benzene rings is 1. The van der Waals surface area contributed by atoms with Crippen molar-refractivity contribution in [3.63, 3.8) is 0 Å². The molecule has 0 radical (unpaired) electrons. The Balaban J connectivity index is 1.38. The Morgan fingerprint density at radius 2 is 1.74 bits per heavy atom. The Labute approximate surface area is 187 Å². The molecule has 4 heteroatoms. The lowest BCUT2D eigenvalue weighted by Crippen LogP contribution is -2.62. The van der Waals surface area contributed by atoms with Gasteiger partial charge in [0, 0.05) is 32.1 Å². The molecule has 4 nitrogen and oxygen atoms in total. The molecule has 5 rings (SSSR count). The summed E-state index contributed by atoms with van der Waals surface area (Å²) >= 11 is 0. The van der Waals surface area contributed by atoms with Crippen LogP contribution in [0.2, 0.25) is 0 Å². The first kappa shape index (κ1) is 21.0. The second-order valence-electron chi connectivity index (χ2n) is 11.4. The van der Waals surface area contributed by atoms with Crippen molar-refractivity contribution in [2.75, 3.05) is 7.05 Å². The molecule has 0 N–H and O–H groups in total. The number of carbonyl (C=O) groups is 2. The van der Waals surface area contributed by atoms with E-state index in [1.165, 1.54) is 31.2 Å². The molecule has 2 amide bonds. The van der Waals surface area contributed by atoms with Crippen molar-refractivity contribution < 1.29 is 9.59 Å². The van der Waals surface area contributed by atoms with Gasteiger partial charge in [-0.3, -0.25) is 9.59 Å². The predicted octanol–water partition coefficient (Wildman–Crippen LogP) is 4.88. The Hall–Kier alpha value is -1.84. The maximum Gasteiger partial charge on any atom is 0.222 e. The van der Waals surface area contributed by atoms with Crippen LogP contribution in [-0.4, -0.2) is 41.2 Å². The van der Waals surface area contributed by atoms with E-state index in [-0.39, 0.29) is 10.8 Å². The molecule has 0 spiro atoms. The van der Waals surface area contributed by atoms with E-state index in [4.69, 9.17) is 0 Å². The second kappa shape index (κ2) is 7.64. The first-order chi connectivity index (χ1) is 14.9. The number of fused-ring (bicyclic) bond motifs is 5. The van der Waals surface area contributed by atoms with E-state index in [0.29, 0.717) is 30.3 Å². The highest BCUT2D eigenvalue weighted by Crippen LogP contribution is 2.65. The fourth-order valence-electron chi connectivity index (χ4n) is 8.68. The minimum atomic E-state index is 0.219. The van der Waals surface area contributed by atoms with Crippen molar-refractivity contribution in [3.8, 4) is 0 Å². The zero-order valence-electron chi connectivity index (χ0n) is 19.4. The van der Waals surface area contributed by atoms with E-state index < -0.39 is 0 Å². The summed E-state index contributed by atoms with van der Waals surface area (Å²) in [4.78, 5) is 28.8. The van der Waals surface area contributed by atoms with Crippen LogP contribution in [0.1, 0.15) is 70.8 Å². The van der Waals surface area contributed by atoms with Crippen molar-refractivity contribution >= 4 is 12.3 Å². The largest absolute Gasteiger partial charge is 0.342 e. The van der Waals surface area contributed by atoms with Gasteiger partial charge in [-0.15, -0.1) is 0 Å². The van der Waals surface area contributed by atoms with Gasteiger partial charge in [-0.05, 0) is 79.1 Å². The SMILES string of the molecule is CN1C(=O)CC[C@@]2(C)C1CC[C@@H]1[C@H]2CC[C@]2(C)C(N(C=O)Cc3ccccc3)CC[C@@H]12. The van der Waals surface area contributed by atoms with Crippen LogP contribution in [0.4, 0.5) is 0 Å². The van der Waals surface area contributed by atoms with Crippen LogP contribution in [0, 0.1) is 28.6 Å². The molecule has 7 atom stereocenters. The highest BCUT2D eigenvalue weighted by atomic mass is 16.2. The van der Waals surface area contributed by atoms with Crippen LogP contribution < -0.4 is 0 Å². The van der Waals surface area contributed by atoms with Crippen LogP contribution in [0.15, 0.2) is 30.3 Å². The third-order valence-electron chi connectivity index (χ3n) is 10.3. The molecular formula is C27H38N2O2. The quantitative estimate of drug-likeness (QED) is 0.649. The number of likely N-dealkylation sites (tertiary alicyclic amines) is 1. The highest BCUT2D eigenvalue weighted by Gasteiger charge is 2.61. The molecule has 1 aromatic rings. The summed E-state index contributed by atoms with van der Waals surface area (Å²) in [5, 5.41) is 0. The third kappa shape index (κ3) is 3.15. The molecule has 4 fully saturated rings. The number of nitrogens with zero attached hydrogens (tertiary/aromatic N) is 2. The van der Waals surface area contributed by atoms with Gasteiger partial charge in [-0.25, -0.2) is 0 Å². The molecule has 1 heterocycles. The number of carbonyl (C=O) groups excluding carboxylic acids is 2. The molecule has 0 bridgehead atoms. The van der Waals surface area contributed by atoms with E-state index in [2.05, 4.69) is 47.9 Å². The average Bonchev–Trinajstić information content (AvgIpc) is 3.13. The number of rotatable bonds is 4. The normalized spacial score (nSPS) is 41.8. The van der Waals surface area contributed by atoms with Crippen molar-refractivity contribution in [1.82, 2.24) is 9.80 Å². The van der Waals surface area contributed by atoms with E-state index in [1.54, 1.807) is 0 Å². The summed E-state index contributed by atoms with van der Waals surface area (Å²) in [6.07, 6.45) is 10.1. The molecule has 0 aromatic heterocycles. The lowest BCUT2D eigenvalue weighted by molar-refractivity contribution is -0.159. The number of amides is 2. The van der Waals surface area contributed by atoms with Crippen molar-refractivity contribution in [2.24, 2.45) is 28.6 Å². The predicted molar refractivity (Wildman–Crippen MR) is 122 cm³/mol. The van der Waals surface area contributed by atoms with Crippen LogP contribution in [0.3, 0.4) is 0 Å².